The Morgan fingerprint density at radius 3 is 2.53 bits per heavy atom. The minimum atomic E-state index is -4.72. The molecule has 2 aromatic rings. The summed E-state index contributed by atoms with van der Waals surface area (Å²) in [6, 6.07) is 3.62. The molecule has 0 saturated carbocycles. The molecular weight excluding hydrogens is 267 g/mol. The van der Waals surface area contributed by atoms with Crippen molar-refractivity contribution in [3.05, 3.63) is 35.5 Å². The van der Waals surface area contributed by atoms with Crippen molar-refractivity contribution < 1.29 is 32.7 Å². The summed E-state index contributed by atoms with van der Waals surface area (Å²) in [4.78, 5) is 10.6. The molecule has 0 spiro atoms. The lowest BCUT2D eigenvalue weighted by Crippen LogP contribution is -2.06. The van der Waals surface area contributed by atoms with Crippen molar-refractivity contribution in [1.29, 1.82) is 0 Å². The third kappa shape index (κ3) is 2.37. The van der Waals surface area contributed by atoms with Gasteiger partial charge in [0.15, 0.2) is 11.5 Å². The molecule has 0 aliphatic rings. The van der Waals surface area contributed by atoms with Gasteiger partial charge in [-0.1, -0.05) is 11.2 Å². The molecule has 100 valence electrons. The number of benzene rings is 1. The molecule has 2 N–H and O–H groups in total. The summed E-state index contributed by atoms with van der Waals surface area (Å²) in [7, 11) is 0. The van der Waals surface area contributed by atoms with Crippen LogP contribution < -0.4 is 0 Å². The van der Waals surface area contributed by atoms with Gasteiger partial charge >= 0.3 is 12.1 Å². The van der Waals surface area contributed by atoms with Gasteiger partial charge in [0.25, 0.3) is 0 Å². The predicted octanol–water partition coefficient (Wildman–Crippen LogP) is 2.76. The molecule has 1 aromatic heterocycles. The molecule has 0 saturated heterocycles. The second-order valence-electron chi connectivity index (χ2n) is 3.58. The summed E-state index contributed by atoms with van der Waals surface area (Å²) < 4.78 is 42.9. The first kappa shape index (κ1) is 12.9. The molecule has 5 nitrogen and oxygen atoms in total. The Bertz CT molecular complexity index is 633. The van der Waals surface area contributed by atoms with E-state index < -0.39 is 40.5 Å². The van der Waals surface area contributed by atoms with Crippen LogP contribution in [0.25, 0.3) is 11.3 Å². The standard InChI is InChI=1S/C11H6F3NO4/c12-11(13,14)5-2-1-3-7(16)9(5)8-4-6(10(17)18)15-19-8/h1-4,16H,(H,17,18). The van der Waals surface area contributed by atoms with Crippen molar-refractivity contribution in [2.75, 3.05) is 0 Å². The fourth-order valence-electron chi connectivity index (χ4n) is 1.53. The molecule has 19 heavy (non-hydrogen) atoms. The highest BCUT2D eigenvalue weighted by Gasteiger charge is 2.36. The lowest BCUT2D eigenvalue weighted by molar-refractivity contribution is -0.137. The van der Waals surface area contributed by atoms with Crippen LogP contribution in [-0.2, 0) is 6.18 Å². The van der Waals surface area contributed by atoms with Gasteiger partial charge in [0.2, 0.25) is 0 Å². The molecule has 0 atom stereocenters. The van der Waals surface area contributed by atoms with E-state index in [0.29, 0.717) is 0 Å². The molecule has 0 amide bonds. The number of carbonyl (C=O) groups is 1. The van der Waals surface area contributed by atoms with Gasteiger partial charge in [-0.3, -0.25) is 0 Å². The zero-order valence-corrected chi connectivity index (χ0v) is 9.10. The average molecular weight is 273 g/mol. The van der Waals surface area contributed by atoms with Crippen molar-refractivity contribution in [3.8, 4) is 17.1 Å². The minimum Gasteiger partial charge on any atom is -0.507 e. The van der Waals surface area contributed by atoms with Gasteiger partial charge in [-0.25, -0.2) is 4.79 Å². The van der Waals surface area contributed by atoms with Crippen LogP contribution in [0.15, 0.2) is 28.8 Å². The number of halogens is 3. The second-order valence-corrected chi connectivity index (χ2v) is 3.58. The number of aromatic hydroxyl groups is 1. The summed E-state index contributed by atoms with van der Waals surface area (Å²) in [5.41, 5.74) is -2.33. The van der Waals surface area contributed by atoms with E-state index in [9.17, 15) is 23.1 Å². The molecule has 0 fully saturated rings. The van der Waals surface area contributed by atoms with E-state index >= 15 is 0 Å². The van der Waals surface area contributed by atoms with Crippen molar-refractivity contribution in [3.63, 3.8) is 0 Å². The summed E-state index contributed by atoms with van der Waals surface area (Å²) in [6.45, 7) is 0. The molecule has 0 aliphatic heterocycles. The number of alkyl halides is 3. The molecule has 0 bridgehead atoms. The molecule has 0 unspecified atom stereocenters. The van der Waals surface area contributed by atoms with Crippen LogP contribution in [0.1, 0.15) is 16.1 Å². The molecule has 2 rings (SSSR count). The highest BCUT2D eigenvalue weighted by molar-refractivity contribution is 5.87. The Balaban J connectivity index is 2.63. The van der Waals surface area contributed by atoms with Crippen molar-refractivity contribution in [2.24, 2.45) is 0 Å². The largest absolute Gasteiger partial charge is 0.507 e. The predicted molar refractivity (Wildman–Crippen MR) is 55.6 cm³/mol. The number of carboxylic acid groups (broad SMARTS) is 1. The van der Waals surface area contributed by atoms with Crippen molar-refractivity contribution in [2.45, 2.75) is 6.18 Å². The number of hydrogen-bond donors (Lipinski definition) is 2. The third-order valence-electron chi connectivity index (χ3n) is 2.32. The molecular formula is C11H6F3NO4. The summed E-state index contributed by atoms with van der Waals surface area (Å²) in [6.07, 6.45) is -4.72. The topological polar surface area (TPSA) is 83.6 Å². The lowest BCUT2D eigenvalue weighted by atomic mass is 10.0. The Morgan fingerprint density at radius 1 is 1.32 bits per heavy atom. The first-order chi connectivity index (χ1) is 8.80. The Labute approximate surface area is 103 Å². The summed E-state index contributed by atoms with van der Waals surface area (Å²) >= 11 is 0. The van der Waals surface area contributed by atoms with Crippen molar-refractivity contribution >= 4 is 5.97 Å². The lowest BCUT2D eigenvalue weighted by Gasteiger charge is -2.11. The van der Waals surface area contributed by atoms with E-state index in [2.05, 4.69) is 9.68 Å². The molecule has 8 heteroatoms. The number of nitrogens with zero attached hydrogens (tertiary/aromatic N) is 1. The highest BCUT2D eigenvalue weighted by Crippen LogP contribution is 2.41. The molecule has 0 radical (unpaired) electrons. The fourth-order valence-corrected chi connectivity index (χ4v) is 1.53. The Morgan fingerprint density at radius 2 is 2.00 bits per heavy atom. The van der Waals surface area contributed by atoms with Crippen LogP contribution in [0.2, 0.25) is 0 Å². The zero-order valence-electron chi connectivity index (χ0n) is 9.10. The third-order valence-corrected chi connectivity index (χ3v) is 2.32. The normalized spacial score (nSPS) is 11.5. The molecule has 0 aliphatic carbocycles. The van der Waals surface area contributed by atoms with Gasteiger partial charge in [0.1, 0.15) is 5.75 Å². The maximum Gasteiger partial charge on any atom is 0.417 e. The maximum absolute atomic E-state index is 12.8. The fraction of sp³-hybridized carbons (Fsp3) is 0.0909. The van der Waals surface area contributed by atoms with Crippen LogP contribution in [0, 0.1) is 0 Å². The number of hydrogen-bond acceptors (Lipinski definition) is 4. The number of aromatic nitrogens is 1. The van der Waals surface area contributed by atoms with Gasteiger partial charge in [-0.2, -0.15) is 13.2 Å². The first-order valence-corrected chi connectivity index (χ1v) is 4.90. The monoisotopic (exact) mass is 273 g/mol. The quantitative estimate of drug-likeness (QED) is 0.878. The van der Waals surface area contributed by atoms with Crippen LogP contribution in [0.3, 0.4) is 0 Å². The number of phenolic OH excluding ortho intramolecular Hbond substituents is 1. The van der Waals surface area contributed by atoms with Crippen LogP contribution in [-0.4, -0.2) is 21.3 Å². The first-order valence-electron chi connectivity index (χ1n) is 4.90. The Kier molecular flexibility index (Phi) is 2.93. The van der Waals surface area contributed by atoms with Gasteiger partial charge < -0.3 is 14.7 Å². The van der Waals surface area contributed by atoms with Gasteiger partial charge in [-0.05, 0) is 12.1 Å². The Hall–Kier alpha value is -2.51. The van der Waals surface area contributed by atoms with Gasteiger partial charge in [-0.15, -0.1) is 0 Å². The number of aromatic carboxylic acids is 1. The van der Waals surface area contributed by atoms with E-state index in [1.165, 1.54) is 0 Å². The number of phenols is 1. The second kappa shape index (κ2) is 4.30. The number of rotatable bonds is 2. The van der Waals surface area contributed by atoms with E-state index in [4.69, 9.17) is 5.11 Å². The minimum absolute atomic E-state index is 0.470. The highest BCUT2D eigenvalue weighted by atomic mass is 19.4. The van der Waals surface area contributed by atoms with Crippen LogP contribution in [0.5, 0.6) is 5.75 Å². The van der Waals surface area contributed by atoms with Crippen LogP contribution in [0.4, 0.5) is 13.2 Å². The van der Waals surface area contributed by atoms with Gasteiger partial charge in [0, 0.05) is 6.07 Å². The van der Waals surface area contributed by atoms with E-state index in [0.717, 1.165) is 24.3 Å². The van der Waals surface area contributed by atoms with E-state index in [1.54, 1.807) is 0 Å². The van der Waals surface area contributed by atoms with Crippen LogP contribution >= 0.6 is 0 Å². The SMILES string of the molecule is O=C(O)c1cc(-c2c(O)cccc2C(F)(F)F)on1. The average Bonchev–Trinajstić information content (AvgIpc) is 2.76. The van der Waals surface area contributed by atoms with E-state index in [-0.39, 0.29) is 0 Å². The van der Waals surface area contributed by atoms with E-state index in [1.807, 2.05) is 0 Å². The smallest absolute Gasteiger partial charge is 0.417 e. The van der Waals surface area contributed by atoms with Crippen molar-refractivity contribution in [1.82, 2.24) is 5.16 Å². The molecule has 1 heterocycles. The molecule has 1 aromatic carbocycles. The zero-order chi connectivity index (χ0) is 14.2. The maximum atomic E-state index is 12.8. The number of carboxylic acids is 1. The van der Waals surface area contributed by atoms with Gasteiger partial charge in [0.05, 0.1) is 11.1 Å². The summed E-state index contributed by atoms with van der Waals surface area (Å²) in [5.74, 6) is -2.59. The summed E-state index contributed by atoms with van der Waals surface area (Å²) in [5, 5.41) is 21.3.